The molecular weight excluding hydrogens is 198 g/mol. The summed E-state index contributed by atoms with van der Waals surface area (Å²) in [6.07, 6.45) is 5.45. The lowest BCUT2D eigenvalue weighted by atomic mass is 10.1. The van der Waals surface area contributed by atoms with Gasteiger partial charge in [0.25, 0.3) is 0 Å². The Kier molecular flexibility index (Phi) is 4.37. The molecule has 0 heterocycles. The van der Waals surface area contributed by atoms with Gasteiger partial charge in [-0.15, -0.1) is 0 Å². The third kappa shape index (κ3) is 3.06. The highest BCUT2D eigenvalue weighted by molar-refractivity contribution is 5.18. The van der Waals surface area contributed by atoms with Gasteiger partial charge in [0.15, 0.2) is 0 Å². The van der Waals surface area contributed by atoms with Gasteiger partial charge in [-0.2, -0.15) is 0 Å². The van der Waals surface area contributed by atoms with Gasteiger partial charge >= 0.3 is 0 Å². The lowest BCUT2D eigenvalue weighted by Gasteiger charge is -2.19. The Morgan fingerprint density at radius 2 is 1.88 bits per heavy atom. The van der Waals surface area contributed by atoms with Gasteiger partial charge in [-0.05, 0) is 30.9 Å². The quantitative estimate of drug-likeness (QED) is 0.797. The first kappa shape index (κ1) is 11.6. The second-order valence-corrected chi connectivity index (χ2v) is 4.70. The van der Waals surface area contributed by atoms with E-state index in [-0.39, 0.29) is 12.6 Å². The second-order valence-electron chi connectivity index (χ2n) is 4.70. The number of benzene rings is 1. The largest absolute Gasteiger partial charge is 0.394 e. The number of hydrogen-bond acceptors (Lipinski definition) is 2. The summed E-state index contributed by atoms with van der Waals surface area (Å²) in [5.41, 5.74) is 1.18. The van der Waals surface area contributed by atoms with Crippen LogP contribution in [-0.2, 0) is 0 Å². The molecular formula is C14H21NO. The molecule has 1 fully saturated rings. The topological polar surface area (TPSA) is 32.3 Å². The van der Waals surface area contributed by atoms with E-state index in [4.69, 9.17) is 0 Å². The van der Waals surface area contributed by atoms with E-state index in [0.29, 0.717) is 0 Å². The van der Waals surface area contributed by atoms with Crippen molar-refractivity contribution >= 4 is 0 Å². The van der Waals surface area contributed by atoms with E-state index in [1.54, 1.807) is 0 Å². The molecule has 1 atom stereocenters. The molecule has 88 valence electrons. The van der Waals surface area contributed by atoms with Crippen molar-refractivity contribution < 1.29 is 5.11 Å². The van der Waals surface area contributed by atoms with Gasteiger partial charge in [0.05, 0.1) is 12.6 Å². The number of hydrogen-bond donors (Lipinski definition) is 2. The molecule has 2 nitrogen and oxygen atoms in total. The van der Waals surface area contributed by atoms with Crippen LogP contribution in [0, 0.1) is 5.92 Å². The molecule has 0 radical (unpaired) electrons. The fraction of sp³-hybridized carbons (Fsp3) is 0.571. The van der Waals surface area contributed by atoms with Gasteiger partial charge in [-0.25, -0.2) is 0 Å². The first-order chi connectivity index (χ1) is 7.90. The lowest BCUT2D eigenvalue weighted by Crippen LogP contribution is -2.28. The van der Waals surface area contributed by atoms with Crippen LogP contribution in [0.15, 0.2) is 30.3 Å². The molecule has 0 amide bonds. The highest BCUT2D eigenvalue weighted by atomic mass is 16.3. The Hall–Kier alpha value is -0.860. The van der Waals surface area contributed by atoms with Gasteiger partial charge in [0.1, 0.15) is 0 Å². The summed E-state index contributed by atoms with van der Waals surface area (Å²) >= 11 is 0. The standard InChI is InChI=1S/C14H21NO/c16-11-14(13-8-2-1-3-9-13)15-10-12-6-4-5-7-12/h1-3,8-9,12,14-16H,4-7,10-11H2/t14-/m0/s1. The smallest absolute Gasteiger partial charge is 0.0626 e. The molecule has 0 saturated heterocycles. The summed E-state index contributed by atoms with van der Waals surface area (Å²) in [7, 11) is 0. The van der Waals surface area contributed by atoms with Crippen LogP contribution >= 0.6 is 0 Å². The van der Waals surface area contributed by atoms with Crippen molar-refractivity contribution in [3.8, 4) is 0 Å². The minimum Gasteiger partial charge on any atom is -0.394 e. The fourth-order valence-corrected chi connectivity index (χ4v) is 2.50. The summed E-state index contributed by atoms with van der Waals surface area (Å²) in [6, 6.07) is 10.3. The van der Waals surface area contributed by atoms with Crippen LogP contribution in [0.1, 0.15) is 37.3 Å². The van der Waals surface area contributed by atoms with Crippen LogP contribution in [0.4, 0.5) is 0 Å². The molecule has 0 bridgehead atoms. The molecule has 2 N–H and O–H groups in total. The third-order valence-electron chi connectivity index (χ3n) is 3.51. The van der Waals surface area contributed by atoms with E-state index in [1.807, 2.05) is 18.2 Å². The second kappa shape index (κ2) is 6.02. The Bertz CT molecular complexity index is 293. The molecule has 1 aliphatic rings. The van der Waals surface area contributed by atoms with Crippen molar-refractivity contribution in [2.45, 2.75) is 31.7 Å². The SMILES string of the molecule is OC[C@H](NCC1CCCC1)c1ccccc1. The zero-order valence-corrected chi connectivity index (χ0v) is 9.73. The van der Waals surface area contributed by atoms with E-state index >= 15 is 0 Å². The number of aliphatic hydroxyl groups is 1. The molecule has 1 aliphatic carbocycles. The van der Waals surface area contributed by atoms with Crippen molar-refractivity contribution in [2.24, 2.45) is 5.92 Å². The minimum atomic E-state index is 0.0989. The predicted molar refractivity (Wildman–Crippen MR) is 66.2 cm³/mol. The maximum atomic E-state index is 9.39. The van der Waals surface area contributed by atoms with Gasteiger partial charge in [-0.1, -0.05) is 43.2 Å². The van der Waals surface area contributed by atoms with Gasteiger partial charge < -0.3 is 10.4 Å². The number of rotatable bonds is 5. The monoisotopic (exact) mass is 219 g/mol. The molecule has 0 aliphatic heterocycles. The molecule has 1 aromatic carbocycles. The Balaban J connectivity index is 1.85. The van der Waals surface area contributed by atoms with Crippen molar-refractivity contribution in [2.75, 3.05) is 13.2 Å². The zero-order chi connectivity index (χ0) is 11.2. The Morgan fingerprint density at radius 1 is 1.19 bits per heavy atom. The summed E-state index contributed by atoms with van der Waals surface area (Å²) in [5.74, 6) is 0.817. The van der Waals surface area contributed by atoms with Crippen LogP contribution in [0.5, 0.6) is 0 Å². The van der Waals surface area contributed by atoms with Gasteiger partial charge in [0, 0.05) is 0 Å². The van der Waals surface area contributed by atoms with E-state index in [2.05, 4.69) is 17.4 Å². The van der Waals surface area contributed by atoms with Crippen LogP contribution in [-0.4, -0.2) is 18.3 Å². The first-order valence-corrected chi connectivity index (χ1v) is 6.29. The highest BCUT2D eigenvalue weighted by Gasteiger charge is 2.17. The Morgan fingerprint density at radius 3 is 2.50 bits per heavy atom. The third-order valence-corrected chi connectivity index (χ3v) is 3.51. The molecule has 16 heavy (non-hydrogen) atoms. The van der Waals surface area contributed by atoms with E-state index < -0.39 is 0 Å². The van der Waals surface area contributed by atoms with Crippen LogP contribution in [0.2, 0.25) is 0 Å². The zero-order valence-electron chi connectivity index (χ0n) is 9.73. The predicted octanol–water partition coefficient (Wildman–Crippen LogP) is 2.50. The maximum absolute atomic E-state index is 9.39. The lowest BCUT2D eigenvalue weighted by molar-refractivity contribution is 0.239. The van der Waals surface area contributed by atoms with Crippen molar-refractivity contribution in [1.82, 2.24) is 5.32 Å². The van der Waals surface area contributed by atoms with Gasteiger partial charge in [0.2, 0.25) is 0 Å². The molecule has 0 aromatic heterocycles. The summed E-state index contributed by atoms with van der Waals surface area (Å²) in [6.45, 7) is 1.22. The molecule has 0 unspecified atom stereocenters. The maximum Gasteiger partial charge on any atom is 0.0626 e. The molecule has 2 rings (SSSR count). The highest BCUT2D eigenvalue weighted by Crippen LogP contribution is 2.24. The van der Waals surface area contributed by atoms with Crippen LogP contribution < -0.4 is 5.32 Å². The average Bonchev–Trinajstić information content (AvgIpc) is 2.84. The number of aliphatic hydroxyl groups excluding tert-OH is 1. The number of nitrogens with one attached hydrogen (secondary N) is 1. The van der Waals surface area contributed by atoms with Crippen molar-refractivity contribution in [3.05, 3.63) is 35.9 Å². The van der Waals surface area contributed by atoms with E-state index in [0.717, 1.165) is 12.5 Å². The Labute approximate surface area is 97.7 Å². The minimum absolute atomic E-state index is 0.0989. The van der Waals surface area contributed by atoms with Crippen molar-refractivity contribution in [3.63, 3.8) is 0 Å². The molecule has 0 spiro atoms. The summed E-state index contributed by atoms with van der Waals surface area (Å²) in [5, 5.41) is 12.9. The fourth-order valence-electron chi connectivity index (χ4n) is 2.50. The molecule has 1 saturated carbocycles. The van der Waals surface area contributed by atoms with Gasteiger partial charge in [-0.3, -0.25) is 0 Å². The summed E-state index contributed by atoms with van der Waals surface area (Å²) < 4.78 is 0. The first-order valence-electron chi connectivity index (χ1n) is 6.29. The normalized spacial score (nSPS) is 18.8. The average molecular weight is 219 g/mol. The van der Waals surface area contributed by atoms with E-state index in [9.17, 15) is 5.11 Å². The van der Waals surface area contributed by atoms with Crippen LogP contribution in [0.25, 0.3) is 0 Å². The molecule has 2 heteroatoms. The van der Waals surface area contributed by atoms with Crippen molar-refractivity contribution in [1.29, 1.82) is 0 Å². The van der Waals surface area contributed by atoms with E-state index in [1.165, 1.54) is 31.2 Å². The van der Waals surface area contributed by atoms with Crippen LogP contribution in [0.3, 0.4) is 0 Å². The summed E-state index contributed by atoms with van der Waals surface area (Å²) in [4.78, 5) is 0. The molecule has 1 aromatic rings.